The topological polar surface area (TPSA) is 46.8 Å². The second-order valence-electron chi connectivity index (χ2n) is 14.0. The van der Waals surface area contributed by atoms with Crippen LogP contribution in [0.15, 0.2) is 168 Å². The fourth-order valence-electron chi connectivity index (χ4n) is 8.84. The zero-order chi connectivity index (χ0) is 35.5. The molecule has 0 unspecified atom stereocenters. The molecule has 12 aromatic rings. The van der Waals surface area contributed by atoms with Crippen molar-refractivity contribution in [3.05, 3.63) is 169 Å². The maximum atomic E-state index is 10.1. The number of hydrogen-bond donors (Lipinski definition) is 0. The lowest BCUT2D eigenvalue weighted by Gasteiger charge is -2.16. The Morgan fingerprint density at radius 3 is 1.94 bits per heavy atom. The Balaban J connectivity index is 1.12. The van der Waals surface area contributed by atoms with Gasteiger partial charge in [0.25, 0.3) is 0 Å². The Kier molecular flexibility index (Phi) is 5.97. The van der Waals surface area contributed by atoms with Crippen LogP contribution in [0.2, 0.25) is 0 Å². The first-order chi connectivity index (χ1) is 26.7. The molecule has 4 heterocycles. The summed E-state index contributed by atoms with van der Waals surface area (Å²) in [5, 5.41) is 19.7. The van der Waals surface area contributed by atoms with Crippen LogP contribution < -0.4 is 0 Å². The lowest BCUT2D eigenvalue weighted by Crippen LogP contribution is -1.99. The second kappa shape index (κ2) is 10.9. The molecule has 0 atom stereocenters. The summed E-state index contributed by atoms with van der Waals surface area (Å²) in [5.74, 6) is 0. The molecule has 0 aliphatic carbocycles. The van der Waals surface area contributed by atoms with Crippen LogP contribution >= 0.6 is 11.3 Å². The molecule has 4 nitrogen and oxygen atoms in total. The Hall–Kier alpha value is -7.13. The highest BCUT2D eigenvalue weighted by Crippen LogP contribution is 2.45. The molecular weight excluding hydrogens is 679 g/mol. The molecular formula is C49H27N3OS. The van der Waals surface area contributed by atoms with E-state index in [1.807, 2.05) is 35.6 Å². The van der Waals surface area contributed by atoms with Crippen molar-refractivity contribution in [2.24, 2.45) is 0 Å². The molecule has 0 saturated heterocycles. The highest BCUT2D eigenvalue weighted by Gasteiger charge is 2.22. The minimum atomic E-state index is 0.624. The van der Waals surface area contributed by atoms with Crippen LogP contribution in [0, 0.1) is 11.3 Å². The minimum Gasteiger partial charge on any atom is -0.454 e. The van der Waals surface area contributed by atoms with E-state index in [2.05, 4.69) is 155 Å². The molecule has 0 fully saturated rings. The summed E-state index contributed by atoms with van der Waals surface area (Å²) in [6.45, 7) is 0. The zero-order valence-electron chi connectivity index (χ0n) is 28.7. The molecule has 0 N–H and O–H groups in total. The van der Waals surface area contributed by atoms with Crippen molar-refractivity contribution in [1.29, 1.82) is 5.26 Å². The summed E-state index contributed by atoms with van der Waals surface area (Å²) in [4.78, 5) is 0. The number of nitriles is 1. The molecule has 8 aromatic carbocycles. The lowest BCUT2D eigenvalue weighted by molar-refractivity contribution is 0.671. The van der Waals surface area contributed by atoms with Crippen LogP contribution in [0.3, 0.4) is 0 Å². The largest absolute Gasteiger partial charge is 0.454 e. The Morgan fingerprint density at radius 1 is 0.500 bits per heavy atom. The normalized spacial score (nSPS) is 12.1. The van der Waals surface area contributed by atoms with E-state index < -0.39 is 0 Å². The van der Waals surface area contributed by atoms with Gasteiger partial charge >= 0.3 is 0 Å². The summed E-state index contributed by atoms with van der Waals surface area (Å²) >= 11 is 1.83. The molecule has 0 radical (unpaired) electrons. The molecule has 0 saturated carbocycles. The maximum absolute atomic E-state index is 10.1. The molecule has 4 aromatic heterocycles. The van der Waals surface area contributed by atoms with E-state index in [0.29, 0.717) is 5.56 Å². The first kappa shape index (κ1) is 29.4. The van der Waals surface area contributed by atoms with Crippen LogP contribution in [0.4, 0.5) is 0 Å². The predicted octanol–water partition coefficient (Wildman–Crippen LogP) is 13.7. The average molecular weight is 706 g/mol. The van der Waals surface area contributed by atoms with Crippen molar-refractivity contribution in [3.63, 3.8) is 0 Å². The molecule has 54 heavy (non-hydrogen) atoms. The van der Waals surface area contributed by atoms with Crippen LogP contribution in [0.1, 0.15) is 5.56 Å². The SMILES string of the molecule is N#Cc1ccc(-n2c3ccccc3c3ccc4sc5ccccc5c4c32)c(-c2ccc(-n3c4ccccc4c4ccc5c6ccccc6oc5c43)cc2)c1. The number of para-hydroxylation sites is 3. The summed E-state index contributed by atoms with van der Waals surface area (Å²) in [6, 6.07) is 60.4. The lowest BCUT2D eigenvalue weighted by atomic mass is 10.00. The molecule has 0 aliphatic rings. The molecule has 0 amide bonds. The third kappa shape index (κ3) is 3.95. The quantitative estimate of drug-likeness (QED) is 0.184. The van der Waals surface area contributed by atoms with Gasteiger partial charge in [0.2, 0.25) is 0 Å². The predicted molar refractivity (Wildman–Crippen MR) is 225 cm³/mol. The molecule has 12 rings (SSSR count). The van der Waals surface area contributed by atoms with Gasteiger partial charge in [0.15, 0.2) is 5.58 Å². The van der Waals surface area contributed by atoms with Gasteiger partial charge in [-0.2, -0.15) is 5.26 Å². The van der Waals surface area contributed by atoms with Gasteiger partial charge in [-0.1, -0.05) is 97.1 Å². The van der Waals surface area contributed by atoms with Gasteiger partial charge in [0.1, 0.15) is 5.58 Å². The zero-order valence-corrected chi connectivity index (χ0v) is 29.6. The first-order valence-corrected chi connectivity index (χ1v) is 18.9. The number of furan rings is 1. The molecule has 5 heteroatoms. The average Bonchev–Trinajstić information content (AvgIpc) is 3.98. The summed E-state index contributed by atoms with van der Waals surface area (Å²) < 4.78 is 13.9. The number of rotatable bonds is 3. The smallest absolute Gasteiger partial charge is 0.160 e. The highest BCUT2D eigenvalue weighted by atomic mass is 32.1. The fraction of sp³-hybridized carbons (Fsp3) is 0. The van der Waals surface area contributed by atoms with E-state index in [0.717, 1.165) is 66.4 Å². The van der Waals surface area contributed by atoms with Crippen molar-refractivity contribution in [1.82, 2.24) is 9.13 Å². The van der Waals surface area contributed by atoms with E-state index in [9.17, 15) is 5.26 Å². The number of thiophene rings is 1. The van der Waals surface area contributed by atoms with Gasteiger partial charge in [-0.3, -0.25) is 0 Å². The maximum Gasteiger partial charge on any atom is 0.160 e. The number of nitrogens with zero attached hydrogens (tertiary/aromatic N) is 3. The van der Waals surface area contributed by atoms with Crippen molar-refractivity contribution >= 4 is 97.1 Å². The Bertz CT molecular complexity index is 3570. The molecule has 250 valence electrons. The van der Waals surface area contributed by atoms with E-state index in [4.69, 9.17) is 4.42 Å². The standard InChI is InChI=1S/C49H27N3OS/c50-28-29-17-25-42(52-41-14-6-2-9-32(41)35-24-26-45-46(47(35)52)38-12-4-8-16-44(38)54-45)39(27-29)30-18-20-31(21-19-30)51-40-13-5-1-10-33(40)36-22-23-37-34-11-3-7-15-43(34)53-49(37)48(36)51/h1-27H. The van der Waals surface area contributed by atoms with Gasteiger partial charge in [-0.25, -0.2) is 0 Å². The van der Waals surface area contributed by atoms with E-state index in [1.165, 1.54) is 41.8 Å². The van der Waals surface area contributed by atoms with E-state index >= 15 is 0 Å². The number of aromatic nitrogens is 2. The van der Waals surface area contributed by atoms with Gasteiger partial charge in [-0.15, -0.1) is 11.3 Å². The third-order valence-corrected chi connectivity index (χ3v) is 12.3. The fourth-order valence-corrected chi connectivity index (χ4v) is 9.94. The van der Waals surface area contributed by atoms with Gasteiger partial charge in [0.05, 0.1) is 39.4 Å². The molecule has 0 spiro atoms. The molecule has 0 bridgehead atoms. The Morgan fingerprint density at radius 2 is 1.15 bits per heavy atom. The van der Waals surface area contributed by atoms with Crippen molar-refractivity contribution < 1.29 is 4.42 Å². The van der Waals surface area contributed by atoms with Gasteiger partial charge in [0, 0.05) is 63.7 Å². The van der Waals surface area contributed by atoms with E-state index in [-0.39, 0.29) is 0 Å². The van der Waals surface area contributed by atoms with Crippen molar-refractivity contribution in [2.75, 3.05) is 0 Å². The highest BCUT2D eigenvalue weighted by molar-refractivity contribution is 7.26. The Labute approximate surface area is 312 Å². The summed E-state index contributed by atoms with van der Waals surface area (Å²) in [5.41, 5.74) is 11.0. The van der Waals surface area contributed by atoms with Gasteiger partial charge in [-0.05, 0) is 72.3 Å². The minimum absolute atomic E-state index is 0.624. The first-order valence-electron chi connectivity index (χ1n) is 18.1. The van der Waals surface area contributed by atoms with Crippen LogP contribution in [-0.2, 0) is 0 Å². The van der Waals surface area contributed by atoms with Crippen molar-refractivity contribution in [2.45, 2.75) is 0 Å². The van der Waals surface area contributed by atoms with Crippen LogP contribution in [-0.4, -0.2) is 9.13 Å². The monoisotopic (exact) mass is 705 g/mol. The van der Waals surface area contributed by atoms with Crippen LogP contribution in [0.5, 0.6) is 0 Å². The summed E-state index contributed by atoms with van der Waals surface area (Å²) in [7, 11) is 0. The van der Waals surface area contributed by atoms with Crippen molar-refractivity contribution in [3.8, 4) is 28.6 Å². The molecule has 0 aliphatic heterocycles. The third-order valence-electron chi connectivity index (χ3n) is 11.2. The van der Waals surface area contributed by atoms with Crippen LogP contribution in [0.25, 0.3) is 108 Å². The van der Waals surface area contributed by atoms with Gasteiger partial charge < -0.3 is 13.6 Å². The summed E-state index contributed by atoms with van der Waals surface area (Å²) in [6.07, 6.45) is 0. The number of hydrogen-bond acceptors (Lipinski definition) is 3. The second-order valence-corrected chi connectivity index (χ2v) is 15.0. The van der Waals surface area contributed by atoms with E-state index in [1.54, 1.807) is 0 Å². The number of benzene rings is 8. The number of fused-ring (bicyclic) bond motifs is 14.